The van der Waals surface area contributed by atoms with Gasteiger partial charge in [0.25, 0.3) is 0 Å². The third-order valence-corrected chi connectivity index (χ3v) is 17.5. The molecule has 0 heterocycles. The highest BCUT2D eigenvalue weighted by Gasteiger charge is 2.27. The molecule has 0 aliphatic rings. The maximum absolute atomic E-state index is 12.9. The van der Waals surface area contributed by atoms with Gasteiger partial charge in [0.15, 0.2) is 6.10 Å². The van der Waals surface area contributed by atoms with Gasteiger partial charge in [-0.15, -0.1) is 0 Å². The number of rotatable bonds is 68. The van der Waals surface area contributed by atoms with E-state index in [0.29, 0.717) is 23.9 Å². The number of carbonyl (C=O) groups is 2. The predicted octanol–water partition coefficient (Wildman–Crippen LogP) is 23.1. The van der Waals surface area contributed by atoms with Crippen molar-refractivity contribution in [3.63, 3.8) is 0 Å². The number of phosphoric ester groups is 1. The van der Waals surface area contributed by atoms with Gasteiger partial charge in [0, 0.05) is 12.8 Å². The van der Waals surface area contributed by atoms with Gasteiger partial charge in [0.05, 0.1) is 27.7 Å². The van der Waals surface area contributed by atoms with E-state index < -0.39 is 26.5 Å². The molecule has 0 aromatic rings. The average molecular weight is 1170 g/mol. The van der Waals surface area contributed by atoms with Crippen LogP contribution >= 0.6 is 7.82 Å². The molecule has 0 aliphatic heterocycles. The van der Waals surface area contributed by atoms with Crippen LogP contribution in [0.5, 0.6) is 0 Å². The minimum absolute atomic E-state index is 0.0357. The van der Waals surface area contributed by atoms with Crippen LogP contribution in [0.2, 0.25) is 0 Å². The van der Waals surface area contributed by atoms with Crippen molar-refractivity contribution < 1.29 is 42.1 Å². The fourth-order valence-corrected chi connectivity index (χ4v) is 11.8. The van der Waals surface area contributed by atoms with E-state index in [-0.39, 0.29) is 25.6 Å². The van der Waals surface area contributed by atoms with Gasteiger partial charge in [-0.25, -0.2) is 4.57 Å². The second kappa shape index (κ2) is 63.3. The molecule has 0 aromatic carbocycles. The van der Waals surface area contributed by atoms with Crippen LogP contribution in [0.3, 0.4) is 0 Å². The molecular formula is C71H141NO8P+. The molecule has 2 atom stereocenters. The fourth-order valence-electron chi connectivity index (χ4n) is 11.0. The molecule has 0 aromatic heterocycles. The van der Waals surface area contributed by atoms with E-state index in [9.17, 15) is 19.0 Å². The Labute approximate surface area is 505 Å². The zero-order valence-corrected chi connectivity index (χ0v) is 56.0. The number of unbranched alkanes of at least 4 members (excludes halogenated alkanes) is 52. The molecule has 10 heteroatoms. The number of esters is 2. The van der Waals surface area contributed by atoms with Crippen molar-refractivity contribution in [2.45, 2.75) is 386 Å². The molecule has 1 N–H and O–H groups in total. The summed E-state index contributed by atoms with van der Waals surface area (Å²) in [5.41, 5.74) is 0. The quantitative estimate of drug-likeness (QED) is 0.0211. The lowest BCUT2D eigenvalue weighted by Gasteiger charge is -2.24. The van der Waals surface area contributed by atoms with Gasteiger partial charge in [0.1, 0.15) is 19.8 Å². The van der Waals surface area contributed by atoms with Gasteiger partial charge in [0.2, 0.25) is 0 Å². The van der Waals surface area contributed by atoms with Crippen LogP contribution in [0.1, 0.15) is 380 Å². The van der Waals surface area contributed by atoms with Crippen LogP contribution in [-0.2, 0) is 32.7 Å². The van der Waals surface area contributed by atoms with Crippen molar-refractivity contribution in [1.82, 2.24) is 0 Å². The highest BCUT2D eigenvalue weighted by molar-refractivity contribution is 7.47. The van der Waals surface area contributed by atoms with E-state index in [1.807, 2.05) is 21.1 Å². The third kappa shape index (κ3) is 67.7. The first kappa shape index (κ1) is 79.8. The van der Waals surface area contributed by atoms with Gasteiger partial charge in [-0.3, -0.25) is 18.6 Å². The Morgan fingerprint density at radius 2 is 0.630 bits per heavy atom. The molecule has 0 radical (unpaired) electrons. The molecule has 0 saturated carbocycles. The number of likely N-dealkylation sites (N-methyl/N-ethyl adjacent to an activating group) is 1. The lowest BCUT2D eigenvalue weighted by atomic mass is 10.0. The minimum atomic E-state index is -4.39. The number of hydrogen-bond acceptors (Lipinski definition) is 7. The van der Waals surface area contributed by atoms with Crippen molar-refractivity contribution in [3.05, 3.63) is 12.2 Å². The summed E-state index contributed by atoms with van der Waals surface area (Å²) in [6.07, 6.45) is 77.6. The molecule has 0 saturated heterocycles. The van der Waals surface area contributed by atoms with E-state index in [0.717, 1.165) is 32.1 Å². The summed E-state index contributed by atoms with van der Waals surface area (Å²) in [5.74, 6) is -0.774. The standard InChI is InChI=1S/C71H140NO8P/c1-6-8-10-12-14-16-18-20-22-24-26-28-30-31-32-33-34-35-36-37-38-39-40-42-43-45-47-49-51-53-55-57-59-61-63-70(73)77-67-69(68-79-81(75,76)78-66-65-72(3,4)5)80-71(74)64-62-60-58-56-54-52-50-48-46-44-41-29-27-25-23-21-19-17-15-13-11-9-7-2/h25,27,69H,6-24,26,28-68H2,1-5H3/p+1/b27-25-. The van der Waals surface area contributed by atoms with Crippen molar-refractivity contribution >= 4 is 19.8 Å². The Bertz CT molecular complexity index is 1370. The number of carbonyl (C=O) groups excluding carboxylic acids is 2. The van der Waals surface area contributed by atoms with Crippen LogP contribution in [0.25, 0.3) is 0 Å². The molecule has 0 aliphatic carbocycles. The molecule has 482 valence electrons. The molecule has 81 heavy (non-hydrogen) atoms. The van der Waals surface area contributed by atoms with E-state index in [2.05, 4.69) is 26.0 Å². The Balaban J connectivity index is 3.93. The maximum Gasteiger partial charge on any atom is 0.472 e. The number of ether oxygens (including phenoxy) is 2. The summed E-state index contributed by atoms with van der Waals surface area (Å²) in [5, 5.41) is 0. The van der Waals surface area contributed by atoms with Crippen LogP contribution in [0, 0.1) is 0 Å². The van der Waals surface area contributed by atoms with Gasteiger partial charge in [-0.2, -0.15) is 0 Å². The molecule has 2 unspecified atom stereocenters. The number of nitrogens with zero attached hydrogens (tertiary/aromatic N) is 1. The van der Waals surface area contributed by atoms with Crippen LogP contribution < -0.4 is 0 Å². The number of phosphoric acid groups is 1. The van der Waals surface area contributed by atoms with Gasteiger partial charge in [-0.1, -0.05) is 341 Å². The third-order valence-electron chi connectivity index (χ3n) is 16.5. The molecule has 0 fully saturated rings. The van der Waals surface area contributed by atoms with Gasteiger partial charge >= 0.3 is 19.8 Å². The lowest BCUT2D eigenvalue weighted by Crippen LogP contribution is -2.37. The Morgan fingerprint density at radius 3 is 0.914 bits per heavy atom. The first-order valence-corrected chi connectivity index (χ1v) is 37.4. The van der Waals surface area contributed by atoms with Crippen molar-refractivity contribution in [2.75, 3.05) is 47.5 Å². The van der Waals surface area contributed by atoms with E-state index in [1.165, 1.54) is 315 Å². The fraction of sp³-hybridized carbons (Fsp3) is 0.944. The largest absolute Gasteiger partial charge is 0.472 e. The zero-order valence-electron chi connectivity index (χ0n) is 55.1. The monoisotopic (exact) mass is 1170 g/mol. The minimum Gasteiger partial charge on any atom is -0.462 e. The first-order chi connectivity index (χ1) is 39.5. The predicted molar refractivity (Wildman–Crippen MR) is 349 cm³/mol. The molecule has 0 amide bonds. The number of quaternary nitrogens is 1. The van der Waals surface area contributed by atoms with Crippen molar-refractivity contribution in [2.24, 2.45) is 0 Å². The van der Waals surface area contributed by atoms with Crippen molar-refractivity contribution in [1.29, 1.82) is 0 Å². The molecule has 0 rings (SSSR count). The van der Waals surface area contributed by atoms with Gasteiger partial charge in [-0.05, 0) is 38.5 Å². The Morgan fingerprint density at radius 1 is 0.370 bits per heavy atom. The number of hydrogen-bond donors (Lipinski definition) is 1. The second-order valence-electron chi connectivity index (χ2n) is 26.0. The zero-order chi connectivity index (χ0) is 59.1. The van der Waals surface area contributed by atoms with E-state index >= 15 is 0 Å². The van der Waals surface area contributed by atoms with E-state index in [1.54, 1.807) is 0 Å². The molecule has 9 nitrogen and oxygen atoms in total. The number of allylic oxidation sites excluding steroid dienone is 2. The summed E-state index contributed by atoms with van der Waals surface area (Å²) in [4.78, 5) is 35.9. The maximum atomic E-state index is 12.9. The molecule has 0 spiro atoms. The highest BCUT2D eigenvalue weighted by Crippen LogP contribution is 2.43. The van der Waals surface area contributed by atoms with Crippen molar-refractivity contribution in [3.8, 4) is 0 Å². The molecular weight excluding hydrogens is 1030 g/mol. The Kier molecular flexibility index (Phi) is 62.3. The highest BCUT2D eigenvalue weighted by atomic mass is 31.2. The summed E-state index contributed by atoms with van der Waals surface area (Å²) in [7, 11) is 1.50. The Hall–Kier alpha value is -1.25. The summed E-state index contributed by atoms with van der Waals surface area (Å²) in [6, 6.07) is 0. The average Bonchev–Trinajstić information content (AvgIpc) is 3.43. The topological polar surface area (TPSA) is 108 Å². The SMILES string of the molecule is CCCCCCCCCC/C=C\CCCCCCCCCCCCCC(=O)OC(COC(=O)CCCCCCCCCCCCCCCCCCCCCCCCCCCCCCCCCCCC)COP(=O)(O)OCC[N+](C)(C)C. The van der Waals surface area contributed by atoms with Crippen LogP contribution in [0.4, 0.5) is 0 Å². The van der Waals surface area contributed by atoms with Crippen LogP contribution in [0.15, 0.2) is 12.2 Å². The normalized spacial score (nSPS) is 13.1. The van der Waals surface area contributed by atoms with Crippen LogP contribution in [-0.4, -0.2) is 74.9 Å². The second-order valence-corrected chi connectivity index (χ2v) is 27.4. The van der Waals surface area contributed by atoms with Gasteiger partial charge < -0.3 is 18.9 Å². The summed E-state index contributed by atoms with van der Waals surface area (Å²) < 4.78 is 34.7. The summed E-state index contributed by atoms with van der Waals surface area (Å²) >= 11 is 0. The summed E-state index contributed by atoms with van der Waals surface area (Å²) in [6.45, 7) is 4.52. The van der Waals surface area contributed by atoms with E-state index in [4.69, 9.17) is 18.5 Å². The smallest absolute Gasteiger partial charge is 0.462 e. The first-order valence-electron chi connectivity index (χ1n) is 35.9. The molecule has 0 bridgehead atoms. The lowest BCUT2D eigenvalue weighted by molar-refractivity contribution is -0.870.